The molecule has 2 aromatic carbocycles. The number of carbonyl (C=O) groups is 1. The zero-order valence-electron chi connectivity index (χ0n) is 16.0. The van der Waals surface area contributed by atoms with Crippen molar-refractivity contribution in [2.75, 3.05) is 0 Å². The Balaban J connectivity index is 2.65. The van der Waals surface area contributed by atoms with Gasteiger partial charge in [0.25, 0.3) is 5.69 Å². The van der Waals surface area contributed by atoms with E-state index < -0.39 is 33.5 Å². The second-order valence-electron chi connectivity index (χ2n) is 6.68. The summed E-state index contributed by atoms with van der Waals surface area (Å²) in [5.74, 6) is -1.34. The largest absolute Gasteiger partial charge is 0.480 e. The third-order valence-electron chi connectivity index (χ3n) is 4.48. The van der Waals surface area contributed by atoms with Crippen molar-refractivity contribution >= 4 is 21.7 Å². The van der Waals surface area contributed by atoms with Gasteiger partial charge in [0.2, 0.25) is 10.0 Å². The average Bonchev–Trinajstić information content (AvgIpc) is 2.57. The Morgan fingerprint density at radius 2 is 1.71 bits per heavy atom. The summed E-state index contributed by atoms with van der Waals surface area (Å²) in [7, 11) is -4.23. The number of nitro groups is 1. The number of hydrogen-bond donors (Lipinski definition) is 1. The van der Waals surface area contributed by atoms with Crippen LogP contribution in [0.3, 0.4) is 0 Å². The number of para-hydroxylation sites is 1. The van der Waals surface area contributed by atoms with Crippen molar-refractivity contribution in [2.45, 2.75) is 45.2 Å². The Morgan fingerprint density at radius 1 is 1.18 bits per heavy atom. The average molecular weight is 406 g/mol. The Kier molecular flexibility index (Phi) is 6.20. The summed E-state index contributed by atoms with van der Waals surface area (Å²) in [6.07, 6.45) is 0. The van der Waals surface area contributed by atoms with Gasteiger partial charge in [0.1, 0.15) is 6.04 Å². The van der Waals surface area contributed by atoms with Crippen LogP contribution in [0.5, 0.6) is 0 Å². The molecular formula is C19H22N2O6S. The Bertz CT molecular complexity index is 1010. The molecule has 0 aromatic heterocycles. The first kappa shape index (κ1) is 21.5. The summed E-state index contributed by atoms with van der Waals surface area (Å²) in [6.45, 7) is 5.93. The fraction of sp³-hybridized carbons (Fsp3) is 0.316. The van der Waals surface area contributed by atoms with E-state index in [-0.39, 0.29) is 16.1 Å². The van der Waals surface area contributed by atoms with Crippen LogP contribution in [-0.4, -0.2) is 34.8 Å². The van der Waals surface area contributed by atoms with Gasteiger partial charge in [0, 0.05) is 18.2 Å². The van der Waals surface area contributed by atoms with Crippen LogP contribution >= 0.6 is 0 Å². The second-order valence-corrected chi connectivity index (χ2v) is 8.51. The highest BCUT2D eigenvalue weighted by atomic mass is 32.2. The number of carboxylic acid groups (broad SMARTS) is 1. The smallest absolute Gasteiger partial charge is 0.321 e. The second kappa shape index (κ2) is 8.07. The van der Waals surface area contributed by atoms with Gasteiger partial charge in [0.15, 0.2) is 0 Å². The monoisotopic (exact) mass is 406 g/mol. The van der Waals surface area contributed by atoms with E-state index in [9.17, 15) is 28.4 Å². The summed E-state index contributed by atoms with van der Waals surface area (Å²) in [5, 5.41) is 20.8. The number of carboxylic acids is 1. The van der Waals surface area contributed by atoms with Crippen LogP contribution in [0.15, 0.2) is 41.3 Å². The van der Waals surface area contributed by atoms with Crippen LogP contribution in [0.1, 0.15) is 29.2 Å². The molecule has 0 aliphatic heterocycles. The quantitative estimate of drug-likeness (QED) is 0.557. The summed E-state index contributed by atoms with van der Waals surface area (Å²) in [4.78, 5) is 22.3. The third-order valence-corrected chi connectivity index (χ3v) is 6.70. The fourth-order valence-corrected chi connectivity index (χ4v) is 5.22. The standard InChI is InChI=1S/C19H22N2O6S/c1-12-9-13(2)18(14(3)10-12)28(26,27)20(15(4)19(22)23)11-16-7-5-6-8-17(16)21(24)25/h5-10,15H,11H2,1-4H3,(H,22,23)/t15-/m0/s1. The van der Waals surface area contributed by atoms with Gasteiger partial charge in [-0.3, -0.25) is 14.9 Å². The SMILES string of the molecule is Cc1cc(C)c(S(=O)(=O)N(Cc2ccccc2[N+](=O)[O-])[C@@H](C)C(=O)O)c(C)c1. The summed E-state index contributed by atoms with van der Waals surface area (Å²) < 4.78 is 27.6. The zero-order chi connectivity index (χ0) is 21.2. The van der Waals surface area contributed by atoms with E-state index in [1.807, 2.05) is 6.92 Å². The maximum Gasteiger partial charge on any atom is 0.321 e. The molecule has 1 atom stereocenters. The van der Waals surface area contributed by atoms with E-state index in [1.54, 1.807) is 32.0 Å². The van der Waals surface area contributed by atoms with Gasteiger partial charge in [0.05, 0.1) is 9.82 Å². The van der Waals surface area contributed by atoms with Crippen LogP contribution in [-0.2, 0) is 21.4 Å². The van der Waals surface area contributed by atoms with Crippen LogP contribution in [0.4, 0.5) is 5.69 Å². The van der Waals surface area contributed by atoms with Gasteiger partial charge >= 0.3 is 5.97 Å². The number of nitro benzene ring substituents is 1. The maximum atomic E-state index is 13.4. The Labute approximate surface area is 163 Å². The lowest BCUT2D eigenvalue weighted by molar-refractivity contribution is -0.385. The van der Waals surface area contributed by atoms with Crippen molar-refractivity contribution < 1.29 is 23.2 Å². The molecule has 0 saturated heterocycles. The predicted octanol–water partition coefficient (Wildman–Crippen LogP) is 3.18. The molecule has 0 spiro atoms. The Morgan fingerprint density at radius 3 is 2.21 bits per heavy atom. The molecule has 28 heavy (non-hydrogen) atoms. The zero-order valence-corrected chi connectivity index (χ0v) is 16.9. The first-order valence-electron chi connectivity index (χ1n) is 8.51. The first-order chi connectivity index (χ1) is 13.0. The van der Waals surface area contributed by atoms with Crippen LogP contribution < -0.4 is 0 Å². The van der Waals surface area contributed by atoms with E-state index in [2.05, 4.69) is 0 Å². The van der Waals surface area contributed by atoms with Gasteiger partial charge in [-0.25, -0.2) is 8.42 Å². The van der Waals surface area contributed by atoms with Gasteiger partial charge in [-0.15, -0.1) is 0 Å². The molecule has 2 rings (SSSR count). The number of aliphatic carboxylic acids is 1. The number of benzene rings is 2. The number of sulfonamides is 1. The normalized spacial score (nSPS) is 12.8. The van der Waals surface area contributed by atoms with Crippen molar-refractivity contribution in [3.8, 4) is 0 Å². The van der Waals surface area contributed by atoms with Gasteiger partial charge in [-0.2, -0.15) is 4.31 Å². The molecule has 2 aromatic rings. The predicted molar refractivity (Wildman–Crippen MR) is 104 cm³/mol. The van der Waals surface area contributed by atoms with Crippen LogP contribution in [0, 0.1) is 30.9 Å². The van der Waals surface area contributed by atoms with Gasteiger partial charge in [-0.1, -0.05) is 35.9 Å². The van der Waals surface area contributed by atoms with Gasteiger partial charge in [-0.05, 0) is 38.8 Å². The van der Waals surface area contributed by atoms with Gasteiger partial charge < -0.3 is 5.11 Å². The molecule has 0 heterocycles. The van der Waals surface area contributed by atoms with E-state index >= 15 is 0 Å². The van der Waals surface area contributed by atoms with Crippen LogP contribution in [0.2, 0.25) is 0 Å². The van der Waals surface area contributed by atoms with E-state index in [4.69, 9.17) is 0 Å². The molecule has 0 unspecified atom stereocenters. The highest BCUT2D eigenvalue weighted by molar-refractivity contribution is 7.89. The minimum Gasteiger partial charge on any atom is -0.480 e. The van der Waals surface area contributed by atoms with E-state index in [0.29, 0.717) is 11.1 Å². The lowest BCUT2D eigenvalue weighted by Gasteiger charge is -2.27. The highest BCUT2D eigenvalue weighted by Crippen LogP contribution is 2.29. The molecule has 0 saturated carbocycles. The number of nitrogens with zero attached hydrogens (tertiary/aromatic N) is 2. The molecule has 1 N–H and O–H groups in total. The fourth-order valence-electron chi connectivity index (χ4n) is 3.23. The molecule has 0 fully saturated rings. The first-order valence-corrected chi connectivity index (χ1v) is 9.95. The van der Waals surface area contributed by atoms with Crippen molar-refractivity contribution in [3.63, 3.8) is 0 Å². The van der Waals surface area contributed by atoms with E-state index in [1.165, 1.54) is 25.1 Å². The molecule has 150 valence electrons. The molecular weight excluding hydrogens is 384 g/mol. The maximum absolute atomic E-state index is 13.4. The summed E-state index contributed by atoms with van der Waals surface area (Å²) in [5.41, 5.74) is 1.71. The number of aryl methyl sites for hydroxylation is 3. The summed E-state index contributed by atoms with van der Waals surface area (Å²) in [6, 6.07) is 7.68. The van der Waals surface area contributed by atoms with Crippen molar-refractivity contribution in [1.82, 2.24) is 4.31 Å². The molecule has 8 nitrogen and oxygen atoms in total. The molecule has 0 bridgehead atoms. The summed E-state index contributed by atoms with van der Waals surface area (Å²) >= 11 is 0. The van der Waals surface area contributed by atoms with Crippen molar-refractivity contribution in [2.24, 2.45) is 0 Å². The van der Waals surface area contributed by atoms with Crippen molar-refractivity contribution in [3.05, 3.63) is 68.8 Å². The number of rotatable bonds is 7. The number of hydrogen-bond acceptors (Lipinski definition) is 5. The highest BCUT2D eigenvalue weighted by Gasteiger charge is 2.36. The molecule has 0 amide bonds. The van der Waals surface area contributed by atoms with E-state index in [0.717, 1.165) is 9.87 Å². The third kappa shape index (κ3) is 4.20. The minimum atomic E-state index is -4.23. The Hall–Kier alpha value is -2.78. The molecule has 0 aliphatic carbocycles. The molecule has 9 heteroatoms. The van der Waals surface area contributed by atoms with Crippen LogP contribution in [0.25, 0.3) is 0 Å². The molecule has 0 aliphatic rings. The topological polar surface area (TPSA) is 118 Å². The molecule has 0 radical (unpaired) electrons. The minimum absolute atomic E-state index is 0.0183. The lowest BCUT2D eigenvalue weighted by Crippen LogP contribution is -2.43. The van der Waals surface area contributed by atoms with Crippen molar-refractivity contribution in [1.29, 1.82) is 0 Å². The lowest BCUT2D eigenvalue weighted by atomic mass is 10.1.